The lowest BCUT2D eigenvalue weighted by molar-refractivity contribution is -0.132. The van der Waals surface area contributed by atoms with Crippen molar-refractivity contribution in [1.29, 1.82) is 0 Å². The number of ether oxygens (including phenoxy) is 2. The zero-order valence-electron chi connectivity index (χ0n) is 18.3. The average molecular weight is 423 g/mol. The highest BCUT2D eigenvalue weighted by Gasteiger charge is 2.35. The monoisotopic (exact) mass is 422 g/mol. The third kappa shape index (κ3) is 4.38. The van der Waals surface area contributed by atoms with Gasteiger partial charge in [-0.2, -0.15) is 0 Å². The minimum atomic E-state index is -0.365. The van der Waals surface area contributed by atoms with E-state index in [0.717, 1.165) is 42.6 Å². The van der Waals surface area contributed by atoms with Crippen molar-refractivity contribution in [1.82, 2.24) is 9.80 Å². The van der Waals surface area contributed by atoms with Crippen LogP contribution in [-0.4, -0.2) is 48.9 Å². The lowest BCUT2D eigenvalue weighted by Crippen LogP contribution is -2.37. The molecule has 0 radical (unpaired) electrons. The van der Waals surface area contributed by atoms with E-state index in [2.05, 4.69) is 0 Å². The average Bonchev–Trinajstić information content (AvgIpc) is 2.97. The number of carbonyl (C=O) groups is 2. The number of fused-ring (bicyclic) bond motifs is 1. The van der Waals surface area contributed by atoms with E-state index in [9.17, 15) is 9.59 Å². The van der Waals surface area contributed by atoms with E-state index in [4.69, 9.17) is 9.47 Å². The van der Waals surface area contributed by atoms with Gasteiger partial charge < -0.3 is 19.3 Å². The Bertz CT molecular complexity index is 950. The maximum Gasteiger partial charge on any atom is 0.255 e. The van der Waals surface area contributed by atoms with Gasteiger partial charge in [-0.15, -0.1) is 0 Å². The lowest BCUT2D eigenvalue weighted by atomic mass is 10.00. The molecule has 0 spiro atoms. The largest absolute Gasteiger partial charge is 0.493 e. The van der Waals surface area contributed by atoms with Crippen molar-refractivity contribution in [2.75, 3.05) is 27.3 Å². The van der Waals surface area contributed by atoms with E-state index in [-0.39, 0.29) is 24.3 Å². The number of hydrogen-bond acceptors (Lipinski definition) is 4. The van der Waals surface area contributed by atoms with Crippen molar-refractivity contribution >= 4 is 11.8 Å². The van der Waals surface area contributed by atoms with Gasteiger partial charge in [0.1, 0.15) is 0 Å². The van der Waals surface area contributed by atoms with Crippen molar-refractivity contribution < 1.29 is 19.1 Å². The van der Waals surface area contributed by atoms with Crippen molar-refractivity contribution in [2.45, 2.75) is 44.7 Å². The predicted molar refractivity (Wildman–Crippen MR) is 118 cm³/mol. The van der Waals surface area contributed by atoms with Crippen LogP contribution in [0.15, 0.2) is 42.5 Å². The van der Waals surface area contributed by atoms with Gasteiger partial charge in [-0.3, -0.25) is 9.59 Å². The second-order valence-corrected chi connectivity index (χ2v) is 8.22. The molecule has 1 atom stereocenters. The molecule has 1 saturated heterocycles. The van der Waals surface area contributed by atoms with Gasteiger partial charge in [0, 0.05) is 25.2 Å². The molecule has 0 bridgehead atoms. The Hall–Kier alpha value is -3.02. The molecule has 4 rings (SSSR count). The highest BCUT2D eigenvalue weighted by molar-refractivity contribution is 5.98. The summed E-state index contributed by atoms with van der Waals surface area (Å²) in [6.45, 7) is 2.10. The molecule has 2 aromatic carbocycles. The van der Waals surface area contributed by atoms with Crippen LogP contribution in [0.5, 0.6) is 11.5 Å². The second-order valence-electron chi connectivity index (χ2n) is 8.22. The summed E-state index contributed by atoms with van der Waals surface area (Å²) in [5, 5.41) is 0. The lowest BCUT2D eigenvalue weighted by Gasteiger charge is -2.31. The number of benzene rings is 2. The van der Waals surface area contributed by atoms with Crippen LogP contribution in [0, 0.1) is 0 Å². The number of hydrogen-bond donors (Lipinski definition) is 0. The second kappa shape index (κ2) is 9.41. The van der Waals surface area contributed by atoms with E-state index in [1.54, 1.807) is 14.2 Å². The molecule has 2 aliphatic heterocycles. The molecule has 6 heteroatoms. The molecule has 0 unspecified atom stereocenters. The number of carbonyl (C=O) groups excluding carboxylic acids is 2. The van der Waals surface area contributed by atoms with Crippen LogP contribution in [0.2, 0.25) is 0 Å². The van der Waals surface area contributed by atoms with E-state index in [1.165, 1.54) is 12.8 Å². The Morgan fingerprint density at radius 3 is 2.35 bits per heavy atom. The molecule has 0 saturated carbocycles. The van der Waals surface area contributed by atoms with Crippen LogP contribution in [-0.2, 0) is 11.3 Å². The molecule has 164 valence electrons. The van der Waals surface area contributed by atoms with Gasteiger partial charge in [-0.1, -0.05) is 37.1 Å². The first-order valence-corrected chi connectivity index (χ1v) is 11.0. The Balaban J connectivity index is 1.66. The fourth-order valence-corrected chi connectivity index (χ4v) is 4.61. The Morgan fingerprint density at radius 1 is 0.968 bits per heavy atom. The maximum atomic E-state index is 13.3. The summed E-state index contributed by atoms with van der Waals surface area (Å²) in [6.07, 6.45) is 4.68. The van der Waals surface area contributed by atoms with Crippen molar-refractivity contribution in [3.05, 3.63) is 59.2 Å². The summed E-state index contributed by atoms with van der Waals surface area (Å²) in [5.41, 5.74) is 2.59. The molecule has 2 aromatic rings. The fraction of sp³-hybridized carbons (Fsp3) is 0.440. The minimum absolute atomic E-state index is 0.0287. The highest BCUT2D eigenvalue weighted by atomic mass is 16.5. The number of rotatable bonds is 6. The topological polar surface area (TPSA) is 59.1 Å². The zero-order valence-corrected chi connectivity index (χ0v) is 18.3. The van der Waals surface area contributed by atoms with Crippen LogP contribution in [0.4, 0.5) is 0 Å². The van der Waals surface area contributed by atoms with Gasteiger partial charge >= 0.3 is 0 Å². The van der Waals surface area contributed by atoms with Gasteiger partial charge in [0.25, 0.3) is 5.91 Å². The first-order chi connectivity index (χ1) is 15.1. The molecule has 0 aliphatic carbocycles. The van der Waals surface area contributed by atoms with Crippen LogP contribution >= 0.6 is 0 Å². The third-order valence-corrected chi connectivity index (χ3v) is 6.34. The van der Waals surface area contributed by atoms with E-state index in [0.29, 0.717) is 18.0 Å². The molecule has 0 N–H and O–H groups in total. The van der Waals surface area contributed by atoms with Crippen LogP contribution in [0.1, 0.15) is 59.6 Å². The summed E-state index contributed by atoms with van der Waals surface area (Å²) < 4.78 is 10.9. The normalized spacial score (nSPS) is 17.2. The smallest absolute Gasteiger partial charge is 0.255 e. The van der Waals surface area contributed by atoms with E-state index < -0.39 is 0 Å². The zero-order chi connectivity index (χ0) is 21.8. The SMILES string of the molecule is COc1ccc([C@@H](CC(=O)N2CCCCCC2)N2Cc3ccccc3C2=O)cc1OC. The number of likely N-dealkylation sites (tertiary alicyclic amines) is 1. The van der Waals surface area contributed by atoms with Crippen molar-refractivity contribution in [3.8, 4) is 11.5 Å². The van der Waals surface area contributed by atoms with Crippen molar-refractivity contribution in [3.63, 3.8) is 0 Å². The van der Waals surface area contributed by atoms with Gasteiger partial charge in [0.05, 0.1) is 26.7 Å². The molecular weight excluding hydrogens is 392 g/mol. The summed E-state index contributed by atoms with van der Waals surface area (Å²) >= 11 is 0. The number of methoxy groups -OCH3 is 2. The van der Waals surface area contributed by atoms with Gasteiger partial charge in [-0.05, 0) is 42.2 Å². The molecular formula is C25H30N2O4. The molecule has 31 heavy (non-hydrogen) atoms. The first kappa shape index (κ1) is 21.2. The van der Waals surface area contributed by atoms with Gasteiger partial charge in [-0.25, -0.2) is 0 Å². The molecule has 2 aliphatic rings. The molecule has 6 nitrogen and oxygen atoms in total. The third-order valence-electron chi connectivity index (χ3n) is 6.34. The van der Waals surface area contributed by atoms with E-state index >= 15 is 0 Å². The predicted octanol–water partition coefficient (Wildman–Crippen LogP) is 4.19. The molecule has 2 amide bonds. The molecule has 0 aromatic heterocycles. The van der Waals surface area contributed by atoms with Gasteiger partial charge in [0.15, 0.2) is 11.5 Å². The van der Waals surface area contributed by atoms with Crippen LogP contribution in [0.25, 0.3) is 0 Å². The number of nitrogens with zero attached hydrogens (tertiary/aromatic N) is 2. The first-order valence-electron chi connectivity index (χ1n) is 11.0. The van der Waals surface area contributed by atoms with Crippen molar-refractivity contribution in [2.24, 2.45) is 0 Å². The fourth-order valence-electron chi connectivity index (χ4n) is 4.61. The summed E-state index contributed by atoms with van der Waals surface area (Å²) in [6, 6.07) is 13.0. The summed E-state index contributed by atoms with van der Waals surface area (Å²) in [5.74, 6) is 1.29. The molecule has 1 fully saturated rings. The summed E-state index contributed by atoms with van der Waals surface area (Å²) in [4.78, 5) is 30.3. The minimum Gasteiger partial charge on any atom is -0.493 e. The molecule has 2 heterocycles. The Kier molecular flexibility index (Phi) is 6.44. The quantitative estimate of drug-likeness (QED) is 0.700. The van der Waals surface area contributed by atoms with E-state index in [1.807, 2.05) is 52.3 Å². The Morgan fingerprint density at radius 2 is 1.68 bits per heavy atom. The Labute approximate surface area is 183 Å². The summed E-state index contributed by atoms with van der Waals surface area (Å²) in [7, 11) is 3.19. The number of amides is 2. The standard InChI is InChI=1S/C25H30N2O4/c1-30-22-12-11-18(15-23(22)31-2)21(16-24(28)26-13-7-3-4-8-14-26)27-17-19-9-5-6-10-20(19)25(27)29/h5-6,9-12,15,21H,3-4,7-8,13-14,16-17H2,1-2H3/t21-/m1/s1. The van der Waals surface area contributed by atoms with Gasteiger partial charge in [0.2, 0.25) is 5.91 Å². The highest BCUT2D eigenvalue weighted by Crippen LogP contribution is 2.37. The maximum absolute atomic E-state index is 13.3. The van der Waals surface area contributed by atoms with Crippen LogP contribution in [0.3, 0.4) is 0 Å². The van der Waals surface area contributed by atoms with Crippen LogP contribution < -0.4 is 9.47 Å².